The zero-order valence-electron chi connectivity index (χ0n) is 14.7. The highest BCUT2D eigenvalue weighted by Gasteiger charge is 2.27. The summed E-state index contributed by atoms with van der Waals surface area (Å²) in [6.45, 7) is 1.62. The lowest BCUT2D eigenvalue weighted by Crippen LogP contribution is -2.17. The monoisotopic (exact) mass is 401 g/mol. The van der Waals surface area contributed by atoms with E-state index in [0.29, 0.717) is 27.9 Å². The Kier molecular flexibility index (Phi) is 4.51. The average molecular weight is 401 g/mol. The van der Waals surface area contributed by atoms with E-state index in [1.807, 2.05) is 0 Å². The molecule has 0 aliphatic heterocycles. The van der Waals surface area contributed by atoms with E-state index >= 15 is 0 Å². The first-order valence-electron chi connectivity index (χ1n) is 8.47. The van der Waals surface area contributed by atoms with Gasteiger partial charge in [0.1, 0.15) is 16.5 Å². The topological polar surface area (TPSA) is 139 Å². The fraction of sp³-hybridized carbons (Fsp3) is 0.235. The molecule has 4 rings (SSSR count). The summed E-state index contributed by atoms with van der Waals surface area (Å²) in [4.78, 5) is 33.1. The Morgan fingerprint density at radius 3 is 2.75 bits per heavy atom. The molecule has 2 heterocycles. The maximum absolute atomic E-state index is 14.3. The van der Waals surface area contributed by atoms with Gasteiger partial charge >= 0.3 is 0 Å². The van der Waals surface area contributed by atoms with Crippen LogP contribution in [0.2, 0.25) is 0 Å². The molecule has 0 radical (unpaired) electrons. The highest BCUT2D eigenvalue weighted by atomic mass is 32.1. The smallest absolute Gasteiger partial charge is 0.267 e. The van der Waals surface area contributed by atoms with Crippen molar-refractivity contribution >= 4 is 39.9 Å². The van der Waals surface area contributed by atoms with Crippen LogP contribution >= 0.6 is 11.3 Å². The van der Waals surface area contributed by atoms with Gasteiger partial charge in [-0.2, -0.15) is 4.98 Å². The summed E-state index contributed by atoms with van der Waals surface area (Å²) in [6.07, 6.45) is 3.41. The molecule has 0 spiro atoms. The zero-order valence-corrected chi connectivity index (χ0v) is 15.6. The van der Waals surface area contributed by atoms with Crippen LogP contribution in [0.25, 0.3) is 0 Å². The number of amides is 2. The molecule has 0 saturated heterocycles. The van der Waals surface area contributed by atoms with Gasteiger partial charge in [-0.1, -0.05) is 11.3 Å². The predicted molar refractivity (Wildman–Crippen MR) is 102 cm³/mol. The van der Waals surface area contributed by atoms with Crippen LogP contribution in [-0.4, -0.2) is 32.0 Å². The molecule has 3 aromatic rings. The van der Waals surface area contributed by atoms with Crippen molar-refractivity contribution in [3.05, 3.63) is 46.0 Å². The third-order valence-corrected chi connectivity index (χ3v) is 5.07. The van der Waals surface area contributed by atoms with Crippen molar-refractivity contribution in [2.45, 2.75) is 25.7 Å². The molecule has 11 heteroatoms. The third-order valence-electron chi connectivity index (χ3n) is 4.25. The molecular weight excluding hydrogens is 385 g/mol. The molecule has 0 atom stereocenters. The zero-order chi connectivity index (χ0) is 19.8. The second kappa shape index (κ2) is 7.00. The van der Waals surface area contributed by atoms with Crippen molar-refractivity contribution in [2.75, 3.05) is 16.4 Å². The molecule has 1 saturated carbocycles. The molecule has 2 amide bonds. The lowest BCUT2D eigenvalue weighted by atomic mass is 10.1. The maximum Gasteiger partial charge on any atom is 0.267 e. The molecule has 0 unspecified atom stereocenters. The number of aryl methyl sites for hydroxylation is 1. The van der Waals surface area contributed by atoms with Gasteiger partial charge in [-0.3, -0.25) is 20.0 Å². The Morgan fingerprint density at radius 1 is 1.29 bits per heavy atom. The predicted octanol–water partition coefficient (Wildman–Crippen LogP) is 2.67. The summed E-state index contributed by atoms with van der Waals surface area (Å²) in [6, 6.07) is 2.45. The quantitative estimate of drug-likeness (QED) is 0.518. The standard InChI is InChI=1S/C17H16FN7O2S/c1-7-4-10(18)9(5-11(7)21-15(27)12-6-20-16(19)28-12)14(26)23-17-22-13(24-25-17)8-2-3-8/h4-6,8H,2-3H2,1H3,(H2,19,20)(H,21,27)(H2,22,23,24,25,26). The van der Waals surface area contributed by atoms with Crippen molar-refractivity contribution in [1.82, 2.24) is 20.2 Å². The summed E-state index contributed by atoms with van der Waals surface area (Å²) < 4.78 is 14.3. The van der Waals surface area contributed by atoms with Crippen LogP contribution in [0.4, 0.5) is 21.2 Å². The number of aromatic amines is 1. The fourth-order valence-corrected chi connectivity index (χ4v) is 3.18. The number of benzene rings is 1. The van der Waals surface area contributed by atoms with Crippen LogP contribution in [0.1, 0.15) is 50.2 Å². The summed E-state index contributed by atoms with van der Waals surface area (Å²) in [5.74, 6) is -0.742. The van der Waals surface area contributed by atoms with E-state index in [2.05, 4.69) is 30.8 Å². The largest absolute Gasteiger partial charge is 0.375 e. The van der Waals surface area contributed by atoms with Gasteiger partial charge in [0, 0.05) is 11.6 Å². The van der Waals surface area contributed by atoms with E-state index < -0.39 is 17.6 Å². The van der Waals surface area contributed by atoms with E-state index in [1.54, 1.807) is 6.92 Å². The van der Waals surface area contributed by atoms with E-state index in [9.17, 15) is 14.0 Å². The number of rotatable bonds is 5. The number of nitrogens with two attached hydrogens (primary N) is 1. The van der Waals surface area contributed by atoms with Crippen molar-refractivity contribution in [2.24, 2.45) is 0 Å². The van der Waals surface area contributed by atoms with Gasteiger partial charge < -0.3 is 11.1 Å². The summed E-state index contributed by atoms with van der Waals surface area (Å²) in [7, 11) is 0. The van der Waals surface area contributed by atoms with E-state index in [4.69, 9.17) is 5.73 Å². The highest BCUT2D eigenvalue weighted by molar-refractivity contribution is 7.17. The molecule has 2 aromatic heterocycles. The van der Waals surface area contributed by atoms with Crippen molar-refractivity contribution < 1.29 is 14.0 Å². The Labute approximate surface area is 162 Å². The van der Waals surface area contributed by atoms with Gasteiger partial charge in [0.25, 0.3) is 11.8 Å². The number of nitrogen functional groups attached to an aromatic ring is 1. The molecule has 1 aromatic carbocycles. The Bertz CT molecular complexity index is 1070. The van der Waals surface area contributed by atoms with E-state index in [0.717, 1.165) is 24.2 Å². The Hall–Kier alpha value is -3.34. The number of aromatic nitrogens is 4. The van der Waals surface area contributed by atoms with Crippen molar-refractivity contribution in [3.8, 4) is 0 Å². The number of nitrogens with zero attached hydrogens (tertiary/aromatic N) is 3. The molecule has 5 N–H and O–H groups in total. The van der Waals surface area contributed by atoms with E-state index in [1.165, 1.54) is 18.3 Å². The average Bonchev–Trinajstić information content (AvgIpc) is 3.24. The summed E-state index contributed by atoms with van der Waals surface area (Å²) >= 11 is 1.03. The normalized spacial score (nSPS) is 13.4. The van der Waals surface area contributed by atoms with Crippen molar-refractivity contribution in [1.29, 1.82) is 0 Å². The maximum atomic E-state index is 14.3. The third kappa shape index (κ3) is 3.69. The van der Waals surface area contributed by atoms with Crippen LogP contribution in [0.3, 0.4) is 0 Å². The van der Waals surface area contributed by atoms with Crippen LogP contribution in [0, 0.1) is 12.7 Å². The molecule has 9 nitrogen and oxygen atoms in total. The molecule has 1 fully saturated rings. The molecule has 144 valence electrons. The summed E-state index contributed by atoms with van der Waals surface area (Å²) in [5.41, 5.74) is 6.07. The van der Waals surface area contributed by atoms with Gasteiger partial charge in [-0.15, -0.1) is 5.10 Å². The second-order valence-corrected chi connectivity index (χ2v) is 7.50. The van der Waals surface area contributed by atoms with Gasteiger partial charge in [0.15, 0.2) is 5.13 Å². The Balaban J connectivity index is 1.53. The van der Waals surface area contributed by atoms with Gasteiger partial charge in [0.05, 0.1) is 11.8 Å². The SMILES string of the molecule is Cc1cc(F)c(C(=O)Nc2n[nH]c(C3CC3)n2)cc1NC(=O)c1cnc(N)s1. The number of thiazole rings is 1. The first-order valence-corrected chi connectivity index (χ1v) is 9.29. The van der Waals surface area contributed by atoms with Gasteiger partial charge in [0.2, 0.25) is 5.95 Å². The number of carbonyl (C=O) groups is 2. The highest BCUT2D eigenvalue weighted by Crippen LogP contribution is 2.38. The summed E-state index contributed by atoms with van der Waals surface area (Å²) in [5, 5.41) is 12.1. The molecule has 0 bridgehead atoms. The number of hydrogen-bond donors (Lipinski definition) is 4. The fourth-order valence-electron chi connectivity index (χ4n) is 2.60. The van der Waals surface area contributed by atoms with E-state index in [-0.39, 0.29) is 16.6 Å². The minimum absolute atomic E-state index is 0.0811. The molecule has 28 heavy (non-hydrogen) atoms. The van der Waals surface area contributed by atoms with Crippen LogP contribution < -0.4 is 16.4 Å². The minimum atomic E-state index is -0.715. The first-order chi connectivity index (χ1) is 13.4. The number of halogens is 1. The van der Waals surface area contributed by atoms with Crippen LogP contribution in [0.15, 0.2) is 18.3 Å². The minimum Gasteiger partial charge on any atom is -0.375 e. The lowest BCUT2D eigenvalue weighted by molar-refractivity contribution is 0.101. The molecule has 1 aliphatic rings. The molecular formula is C17H16FN7O2S. The van der Waals surface area contributed by atoms with Gasteiger partial charge in [-0.05, 0) is 37.5 Å². The second-order valence-electron chi connectivity index (χ2n) is 6.44. The number of carbonyl (C=O) groups excluding carboxylic acids is 2. The number of nitrogens with one attached hydrogen (secondary N) is 3. The van der Waals surface area contributed by atoms with Gasteiger partial charge in [-0.25, -0.2) is 9.37 Å². The Morgan fingerprint density at radius 2 is 2.07 bits per heavy atom. The number of anilines is 3. The number of hydrogen-bond acceptors (Lipinski definition) is 7. The first kappa shape index (κ1) is 18.0. The molecule has 1 aliphatic carbocycles. The van der Waals surface area contributed by atoms with Crippen molar-refractivity contribution in [3.63, 3.8) is 0 Å². The van der Waals surface area contributed by atoms with Crippen LogP contribution in [0.5, 0.6) is 0 Å². The van der Waals surface area contributed by atoms with Crippen LogP contribution in [-0.2, 0) is 0 Å². The number of H-pyrrole nitrogens is 1. The lowest BCUT2D eigenvalue weighted by Gasteiger charge is -2.11.